The third-order valence-electron chi connectivity index (χ3n) is 2.59. The molecule has 1 rings (SSSR count). The van der Waals surface area contributed by atoms with Crippen molar-refractivity contribution in [3.63, 3.8) is 0 Å². The molecular formula is C14H22N2O. The van der Waals surface area contributed by atoms with E-state index in [1.165, 1.54) is 5.56 Å². The van der Waals surface area contributed by atoms with Crippen molar-refractivity contribution in [1.82, 2.24) is 5.32 Å². The number of hydrogen-bond acceptors (Lipinski definition) is 2. The van der Waals surface area contributed by atoms with Gasteiger partial charge in [0.1, 0.15) is 6.04 Å². The molecule has 0 aromatic heterocycles. The topological polar surface area (TPSA) is 41.1 Å². The first-order valence-electron chi connectivity index (χ1n) is 6.19. The third-order valence-corrected chi connectivity index (χ3v) is 2.59. The van der Waals surface area contributed by atoms with Gasteiger partial charge in [0.25, 0.3) is 0 Å². The molecule has 1 unspecified atom stereocenters. The van der Waals surface area contributed by atoms with Crippen molar-refractivity contribution in [3.05, 3.63) is 29.8 Å². The highest BCUT2D eigenvalue weighted by Gasteiger charge is 2.14. The van der Waals surface area contributed by atoms with Crippen LogP contribution in [-0.2, 0) is 11.2 Å². The molecule has 0 heterocycles. The van der Waals surface area contributed by atoms with Crippen molar-refractivity contribution in [2.75, 3.05) is 5.32 Å². The second kappa shape index (κ2) is 6.28. The SMILES string of the molecule is CCc1ccccc1NC(C)C(=O)NC(C)C. The van der Waals surface area contributed by atoms with Gasteiger partial charge in [-0.05, 0) is 38.8 Å². The van der Waals surface area contributed by atoms with Gasteiger partial charge in [0.05, 0.1) is 0 Å². The largest absolute Gasteiger partial charge is 0.374 e. The molecule has 0 bridgehead atoms. The van der Waals surface area contributed by atoms with E-state index in [2.05, 4.69) is 23.6 Å². The monoisotopic (exact) mass is 234 g/mol. The van der Waals surface area contributed by atoms with Crippen LogP contribution in [0.25, 0.3) is 0 Å². The number of nitrogens with one attached hydrogen (secondary N) is 2. The summed E-state index contributed by atoms with van der Waals surface area (Å²) in [4.78, 5) is 11.8. The van der Waals surface area contributed by atoms with E-state index in [0.29, 0.717) is 0 Å². The minimum Gasteiger partial charge on any atom is -0.374 e. The molecule has 0 saturated heterocycles. The molecule has 3 nitrogen and oxygen atoms in total. The van der Waals surface area contributed by atoms with Crippen LogP contribution < -0.4 is 10.6 Å². The molecule has 94 valence electrons. The summed E-state index contributed by atoms with van der Waals surface area (Å²) < 4.78 is 0. The normalized spacial score (nSPS) is 12.3. The fraction of sp³-hybridized carbons (Fsp3) is 0.500. The molecule has 3 heteroatoms. The maximum absolute atomic E-state index is 11.8. The van der Waals surface area contributed by atoms with Crippen molar-refractivity contribution in [2.24, 2.45) is 0 Å². The van der Waals surface area contributed by atoms with Crippen LogP contribution in [0.1, 0.15) is 33.3 Å². The molecule has 2 N–H and O–H groups in total. The molecule has 0 saturated carbocycles. The lowest BCUT2D eigenvalue weighted by Crippen LogP contribution is -2.41. The van der Waals surface area contributed by atoms with Crippen molar-refractivity contribution < 1.29 is 4.79 Å². The molecule has 1 amide bonds. The Morgan fingerprint density at radius 3 is 2.47 bits per heavy atom. The summed E-state index contributed by atoms with van der Waals surface area (Å²) in [6.07, 6.45) is 0.960. The lowest BCUT2D eigenvalue weighted by molar-refractivity contribution is -0.122. The van der Waals surface area contributed by atoms with Gasteiger partial charge in [-0.1, -0.05) is 25.1 Å². The zero-order valence-electron chi connectivity index (χ0n) is 11.1. The summed E-state index contributed by atoms with van der Waals surface area (Å²) in [6.45, 7) is 7.92. The average molecular weight is 234 g/mol. The molecular weight excluding hydrogens is 212 g/mol. The molecule has 0 fully saturated rings. The van der Waals surface area contributed by atoms with Crippen LogP contribution in [0.2, 0.25) is 0 Å². The van der Waals surface area contributed by atoms with Crippen LogP contribution in [0.3, 0.4) is 0 Å². The zero-order chi connectivity index (χ0) is 12.8. The Hall–Kier alpha value is -1.51. The summed E-state index contributed by atoms with van der Waals surface area (Å²) in [5, 5.41) is 6.15. The standard InChI is InChI=1S/C14H22N2O/c1-5-12-8-6-7-9-13(12)16-11(4)14(17)15-10(2)3/h6-11,16H,5H2,1-4H3,(H,15,17). The highest BCUT2D eigenvalue weighted by Crippen LogP contribution is 2.16. The lowest BCUT2D eigenvalue weighted by Gasteiger charge is -2.18. The van der Waals surface area contributed by atoms with Crippen LogP contribution in [0, 0.1) is 0 Å². The van der Waals surface area contributed by atoms with Crippen molar-refractivity contribution in [1.29, 1.82) is 0 Å². The van der Waals surface area contributed by atoms with Crippen molar-refractivity contribution >= 4 is 11.6 Å². The Kier molecular flexibility index (Phi) is 5.01. The van der Waals surface area contributed by atoms with E-state index in [0.717, 1.165) is 12.1 Å². The van der Waals surface area contributed by atoms with Crippen LogP contribution >= 0.6 is 0 Å². The first-order valence-corrected chi connectivity index (χ1v) is 6.19. The van der Waals surface area contributed by atoms with E-state index in [-0.39, 0.29) is 18.0 Å². The number of benzene rings is 1. The van der Waals surface area contributed by atoms with Gasteiger partial charge in [0, 0.05) is 11.7 Å². The maximum Gasteiger partial charge on any atom is 0.242 e. The number of anilines is 1. The van der Waals surface area contributed by atoms with E-state index in [1.54, 1.807) is 0 Å². The van der Waals surface area contributed by atoms with Gasteiger partial charge < -0.3 is 10.6 Å². The molecule has 0 radical (unpaired) electrons. The summed E-state index contributed by atoms with van der Waals surface area (Å²) in [5.41, 5.74) is 2.28. The minimum atomic E-state index is -0.218. The van der Waals surface area contributed by atoms with Gasteiger partial charge in [-0.25, -0.2) is 0 Å². The van der Waals surface area contributed by atoms with Crippen LogP contribution in [0.5, 0.6) is 0 Å². The molecule has 1 aromatic carbocycles. The number of aryl methyl sites for hydroxylation is 1. The third kappa shape index (κ3) is 4.10. The number of carbonyl (C=O) groups excluding carboxylic acids is 1. The molecule has 0 aliphatic rings. The molecule has 0 aliphatic carbocycles. The van der Waals surface area contributed by atoms with Gasteiger partial charge >= 0.3 is 0 Å². The Bertz CT molecular complexity index is 374. The molecule has 0 spiro atoms. The van der Waals surface area contributed by atoms with Gasteiger partial charge in [-0.3, -0.25) is 4.79 Å². The Morgan fingerprint density at radius 2 is 1.88 bits per heavy atom. The first-order chi connectivity index (χ1) is 8.04. The first kappa shape index (κ1) is 13.6. The van der Waals surface area contributed by atoms with E-state index < -0.39 is 0 Å². The Balaban J connectivity index is 2.67. The summed E-state index contributed by atoms with van der Waals surface area (Å²) in [6, 6.07) is 8.04. The lowest BCUT2D eigenvalue weighted by atomic mass is 10.1. The van der Waals surface area contributed by atoms with Gasteiger partial charge in [0.2, 0.25) is 5.91 Å². The number of carbonyl (C=O) groups is 1. The van der Waals surface area contributed by atoms with Crippen molar-refractivity contribution in [3.8, 4) is 0 Å². The fourth-order valence-electron chi connectivity index (χ4n) is 1.68. The van der Waals surface area contributed by atoms with Crippen LogP contribution in [-0.4, -0.2) is 18.0 Å². The van der Waals surface area contributed by atoms with E-state index >= 15 is 0 Å². The number of hydrogen-bond donors (Lipinski definition) is 2. The number of rotatable bonds is 5. The number of para-hydroxylation sites is 1. The maximum atomic E-state index is 11.8. The van der Waals surface area contributed by atoms with Crippen LogP contribution in [0.4, 0.5) is 5.69 Å². The second-order valence-electron chi connectivity index (χ2n) is 4.54. The molecule has 17 heavy (non-hydrogen) atoms. The second-order valence-corrected chi connectivity index (χ2v) is 4.54. The smallest absolute Gasteiger partial charge is 0.242 e. The molecule has 1 atom stereocenters. The quantitative estimate of drug-likeness (QED) is 0.822. The predicted octanol–water partition coefficient (Wildman–Crippen LogP) is 2.57. The summed E-state index contributed by atoms with van der Waals surface area (Å²) in [5.74, 6) is 0.0332. The highest BCUT2D eigenvalue weighted by molar-refractivity contribution is 5.84. The average Bonchev–Trinajstić information content (AvgIpc) is 2.28. The van der Waals surface area contributed by atoms with Crippen molar-refractivity contribution in [2.45, 2.75) is 46.2 Å². The predicted molar refractivity (Wildman–Crippen MR) is 72.2 cm³/mol. The fourth-order valence-corrected chi connectivity index (χ4v) is 1.68. The highest BCUT2D eigenvalue weighted by atomic mass is 16.2. The molecule has 1 aromatic rings. The summed E-state index contributed by atoms with van der Waals surface area (Å²) in [7, 11) is 0. The minimum absolute atomic E-state index is 0.0332. The molecule has 0 aliphatic heterocycles. The van der Waals surface area contributed by atoms with Gasteiger partial charge in [0.15, 0.2) is 0 Å². The number of amides is 1. The van der Waals surface area contributed by atoms with E-state index in [4.69, 9.17) is 0 Å². The van der Waals surface area contributed by atoms with Gasteiger partial charge in [-0.15, -0.1) is 0 Å². The van der Waals surface area contributed by atoms with Gasteiger partial charge in [-0.2, -0.15) is 0 Å². The zero-order valence-corrected chi connectivity index (χ0v) is 11.1. The van der Waals surface area contributed by atoms with Crippen LogP contribution in [0.15, 0.2) is 24.3 Å². The van der Waals surface area contributed by atoms with E-state index in [1.807, 2.05) is 39.0 Å². The Morgan fingerprint density at radius 1 is 1.24 bits per heavy atom. The summed E-state index contributed by atoms with van der Waals surface area (Å²) >= 11 is 0. The van der Waals surface area contributed by atoms with E-state index in [9.17, 15) is 4.79 Å². The Labute approximate surface area is 104 Å².